The molecule has 0 spiro atoms. The molecule has 0 aromatic carbocycles. The number of methoxy groups -OCH3 is 1. The monoisotopic (exact) mass is 260 g/mol. The molecule has 0 saturated heterocycles. The number of thioether (sulfide) groups is 1. The van der Waals surface area contributed by atoms with E-state index in [4.69, 9.17) is 4.74 Å². The molecule has 0 aliphatic carbocycles. The summed E-state index contributed by atoms with van der Waals surface area (Å²) < 4.78 is 6.81. The van der Waals surface area contributed by atoms with Crippen LogP contribution in [0.1, 0.15) is 5.82 Å². The highest BCUT2D eigenvalue weighted by Gasteiger charge is 2.09. The van der Waals surface area contributed by atoms with Gasteiger partial charge in [-0.2, -0.15) is 0 Å². The Morgan fingerprint density at radius 2 is 2.29 bits per heavy atom. The van der Waals surface area contributed by atoms with E-state index >= 15 is 0 Å². The Balaban J connectivity index is 2.19. The fourth-order valence-electron chi connectivity index (χ4n) is 1.19. The maximum Gasteiger partial charge on any atom is 0.191 e. The molecule has 0 amide bonds. The van der Waals surface area contributed by atoms with Gasteiger partial charge in [-0.15, -0.1) is 10.2 Å². The maximum absolute atomic E-state index is 9.73. The molecule has 98 valence electrons. The predicted octanol–water partition coefficient (Wildman–Crippen LogP) is -0.187. The second kappa shape index (κ2) is 7.65. The van der Waals surface area contributed by atoms with E-state index in [1.54, 1.807) is 7.11 Å². The number of nitrogens with zero attached hydrogens (tertiary/aromatic N) is 3. The Bertz CT molecular complexity index is 332. The van der Waals surface area contributed by atoms with E-state index in [1.165, 1.54) is 11.8 Å². The minimum absolute atomic E-state index is 0.395. The highest BCUT2D eigenvalue weighted by atomic mass is 32.2. The van der Waals surface area contributed by atoms with Crippen molar-refractivity contribution in [1.82, 2.24) is 20.1 Å². The first-order valence-corrected chi connectivity index (χ1v) is 6.50. The molecule has 0 fully saturated rings. The summed E-state index contributed by atoms with van der Waals surface area (Å²) >= 11 is 1.51. The van der Waals surface area contributed by atoms with E-state index in [1.807, 2.05) is 18.5 Å². The molecule has 0 aliphatic heterocycles. The van der Waals surface area contributed by atoms with Crippen molar-refractivity contribution < 1.29 is 9.84 Å². The third-order valence-electron chi connectivity index (χ3n) is 2.32. The van der Waals surface area contributed by atoms with E-state index in [0.29, 0.717) is 18.9 Å². The molecule has 0 saturated carbocycles. The van der Waals surface area contributed by atoms with Crippen LogP contribution in [0.5, 0.6) is 0 Å². The molecule has 0 bridgehead atoms. The SMILES string of the molecule is COCCNCC(O)CSc1nnc(C)n1C. The summed E-state index contributed by atoms with van der Waals surface area (Å²) in [4.78, 5) is 0. The van der Waals surface area contributed by atoms with Crippen molar-refractivity contribution in [2.24, 2.45) is 7.05 Å². The number of hydrogen-bond acceptors (Lipinski definition) is 6. The number of ether oxygens (including phenoxy) is 1. The first-order valence-electron chi connectivity index (χ1n) is 5.51. The summed E-state index contributed by atoms with van der Waals surface area (Å²) in [6, 6.07) is 0. The molecule has 1 aromatic rings. The molecule has 1 heterocycles. The van der Waals surface area contributed by atoms with E-state index in [-0.39, 0.29) is 0 Å². The van der Waals surface area contributed by atoms with Crippen LogP contribution in [-0.4, -0.2) is 58.5 Å². The van der Waals surface area contributed by atoms with E-state index in [0.717, 1.165) is 17.5 Å². The largest absolute Gasteiger partial charge is 0.391 e. The zero-order chi connectivity index (χ0) is 12.7. The van der Waals surface area contributed by atoms with Gasteiger partial charge in [-0.05, 0) is 6.92 Å². The second-order valence-corrected chi connectivity index (χ2v) is 4.74. The van der Waals surface area contributed by atoms with Crippen LogP contribution >= 0.6 is 11.8 Å². The van der Waals surface area contributed by atoms with Crippen LogP contribution in [0.15, 0.2) is 5.16 Å². The van der Waals surface area contributed by atoms with Crippen molar-refractivity contribution in [3.05, 3.63) is 5.82 Å². The Kier molecular flexibility index (Phi) is 6.49. The van der Waals surface area contributed by atoms with Gasteiger partial charge in [0.2, 0.25) is 0 Å². The number of aryl methyl sites for hydroxylation is 1. The van der Waals surface area contributed by atoms with Crippen molar-refractivity contribution in [1.29, 1.82) is 0 Å². The lowest BCUT2D eigenvalue weighted by molar-refractivity contribution is 0.175. The number of aliphatic hydroxyl groups is 1. The van der Waals surface area contributed by atoms with Gasteiger partial charge >= 0.3 is 0 Å². The van der Waals surface area contributed by atoms with Crippen molar-refractivity contribution in [2.75, 3.05) is 32.6 Å². The summed E-state index contributed by atoms with van der Waals surface area (Å²) in [5, 5.41) is 21.6. The normalized spacial score (nSPS) is 12.9. The van der Waals surface area contributed by atoms with Crippen molar-refractivity contribution in [2.45, 2.75) is 18.2 Å². The van der Waals surface area contributed by atoms with Gasteiger partial charge in [-0.1, -0.05) is 11.8 Å². The van der Waals surface area contributed by atoms with Gasteiger partial charge in [0.05, 0.1) is 12.7 Å². The Labute approximate surface area is 106 Å². The minimum atomic E-state index is -0.395. The first-order chi connectivity index (χ1) is 8.15. The second-order valence-electron chi connectivity index (χ2n) is 3.75. The summed E-state index contributed by atoms with van der Waals surface area (Å²) in [7, 11) is 3.57. The number of nitrogens with one attached hydrogen (secondary N) is 1. The molecule has 6 nitrogen and oxygen atoms in total. The van der Waals surface area contributed by atoms with E-state index < -0.39 is 6.10 Å². The molecule has 1 unspecified atom stereocenters. The maximum atomic E-state index is 9.73. The Morgan fingerprint density at radius 1 is 1.53 bits per heavy atom. The van der Waals surface area contributed by atoms with Gasteiger partial charge in [-0.25, -0.2) is 0 Å². The molecule has 0 radical (unpaired) electrons. The average Bonchev–Trinajstić information content (AvgIpc) is 2.63. The summed E-state index contributed by atoms with van der Waals surface area (Å²) in [5.41, 5.74) is 0. The lowest BCUT2D eigenvalue weighted by atomic mass is 10.4. The molecule has 1 aromatic heterocycles. The molecule has 1 atom stereocenters. The van der Waals surface area contributed by atoms with Gasteiger partial charge in [0.15, 0.2) is 5.16 Å². The van der Waals surface area contributed by atoms with E-state index in [9.17, 15) is 5.11 Å². The first kappa shape index (κ1) is 14.4. The number of hydrogen-bond donors (Lipinski definition) is 2. The van der Waals surface area contributed by atoms with Gasteiger partial charge in [0, 0.05) is 33.0 Å². The number of aromatic nitrogens is 3. The Morgan fingerprint density at radius 3 is 2.88 bits per heavy atom. The minimum Gasteiger partial charge on any atom is -0.391 e. The fraction of sp³-hybridized carbons (Fsp3) is 0.800. The van der Waals surface area contributed by atoms with Crippen LogP contribution in [0, 0.1) is 6.92 Å². The molecule has 0 aliphatic rings. The zero-order valence-corrected chi connectivity index (χ0v) is 11.3. The molecule has 2 N–H and O–H groups in total. The molecule has 7 heteroatoms. The summed E-state index contributed by atoms with van der Waals surface area (Å²) in [5.74, 6) is 1.48. The van der Waals surface area contributed by atoms with Crippen molar-refractivity contribution in [3.8, 4) is 0 Å². The standard InChI is InChI=1S/C10H20N4O2S/c1-8-12-13-10(14(8)2)17-7-9(15)6-11-4-5-16-3/h9,11,15H,4-7H2,1-3H3. The highest BCUT2D eigenvalue weighted by molar-refractivity contribution is 7.99. The lowest BCUT2D eigenvalue weighted by Gasteiger charge is -2.10. The fourth-order valence-corrected chi connectivity index (χ4v) is 2.07. The molecule has 1 rings (SSSR count). The van der Waals surface area contributed by atoms with Gasteiger partial charge in [0.1, 0.15) is 5.82 Å². The van der Waals surface area contributed by atoms with E-state index in [2.05, 4.69) is 15.5 Å². The molecule has 17 heavy (non-hydrogen) atoms. The van der Waals surface area contributed by atoms with Gasteiger partial charge < -0.3 is 19.7 Å². The van der Waals surface area contributed by atoms with Crippen LogP contribution in [0.25, 0.3) is 0 Å². The van der Waals surface area contributed by atoms with Crippen LogP contribution in [0.2, 0.25) is 0 Å². The lowest BCUT2D eigenvalue weighted by Crippen LogP contribution is -2.30. The number of aliphatic hydroxyl groups excluding tert-OH is 1. The van der Waals surface area contributed by atoms with Crippen molar-refractivity contribution >= 4 is 11.8 Å². The number of rotatable bonds is 8. The third kappa shape index (κ3) is 5.03. The quantitative estimate of drug-likeness (QED) is 0.499. The molecular formula is C10H20N4O2S. The summed E-state index contributed by atoms with van der Waals surface area (Å²) in [6.07, 6.45) is -0.395. The van der Waals surface area contributed by atoms with Crippen LogP contribution in [0.3, 0.4) is 0 Å². The van der Waals surface area contributed by atoms with Gasteiger partial charge in [-0.3, -0.25) is 0 Å². The van der Waals surface area contributed by atoms with Crippen LogP contribution in [-0.2, 0) is 11.8 Å². The smallest absolute Gasteiger partial charge is 0.191 e. The average molecular weight is 260 g/mol. The van der Waals surface area contributed by atoms with Crippen LogP contribution in [0.4, 0.5) is 0 Å². The molecular weight excluding hydrogens is 240 g/mol. The predicted molar refractivity (Wildman–Crippen MR) is 67.2 cm³/mol. The topological polar surface area (TPSA) is 72.2 Å². The third-order valence-corrected chi connectivity index (χ3v) is 3.49. The van der Waals surface area contributed by atoms with Crippen molar-refractivity contribution in [3.63, 3.8) is 0 Å². The van der Waals surface area contributed by atoms with Gasteiger partial charge in [0.25, 0.3) is 0 Å². The Hall–Kier alpha value is -0.630. The summed E-state index contributed by atoms with van der Waals surface area (Å²) in [6.45, 7) is 3.87. The highest BCUT2D eigenvalue weighted by Crippen LogP contribution is 2.15. The van der Waals surface area contributed by atoms with Crippen LogP contribution < -0.4 is 5.32 Å². The zero-order valence-electron chi connectivity index (χ0n) is 10.5.